The van der Waals surface area contributed by atoms with E-state index in [0.717, 1.165) is 51.3 Å². The van der Waals surface area contributed by atoms with Crippen LogP contribution in [0.3, 0.4) is 0 Å². The zero-order chi connectivity index (χ0) is 18.9. The van der Waals surface area contributed by atoms with Crippen LogP contribution in [0.15, 0.2) is 48.8 Å². The standard InChI is InChI=1S/C22H30N4O/c1-2-25-13-15-26(16-14-25)18-21-6-4-3-5-20(21)17-24-22(27)8-7-19-9-11-23-12-10-19/h3-6,9-12H,2,7-8,13-18H2,1H3,(H,24,27). The molecule has 1 aromatic heterocycles. The molecule has 144 valence electrons. The van der Waals surface area contributed by atoms with Crippen LogP contribution in [0.4, 0.5) is 0 Å². The van der Waals surface area contributed by atoms with Gasteiger partial charge in [0.05, 0.1) is 0 Å². The number of hydrogen-bond donors (Lipinski definition) is 1. The van der Waals surface area contributed by atoms with Crippen LogP contribution in [-0.4, -0.2) is 53.4 Å². The molecule has 1 saturated heterocycles. The second kappa shape index (κ2) is 10.2. The summed E-state index contributed by atoms with van der Waals surface area (Å²) in [5, 5.41) is 3.08. The summed E-state index contributed by atoms with van der Waals surface area (Å²) in [5.41, 5.74) is 3.68. The number of piperazine rings is 1. The van der Waals surface area contributed by atoms with Gasteiger partial charge in [-0.25, -0.2) is 0 Å². The van der Waals surface area contributed by atoms with Gasteiger partial charge in [-0.15, -0.1) is 0 Å². The Hall–Kier alpha value is -2.24. The highest BCUT2D eigenvalue weighted by Crippen LogP contribution is 2.14. The van der Waals surface area contributed by atoms with Crippen molar-refractivity contribution in [1.29, 1.82) is 0 Å². The Morgan fingerprint density at radius 1 is 1.00 bits per heavy atom. The average Bonchev–Trinajstić information content (AvgIpc) is 2.73. The third-order valence-electron chi connectivity index (χ3n) is 5.29. The Bertz CT molecular complexity index is 711. The summed E-state index contributed by atoms with van der Waals surface area (Å²) < 4.78 is 0. The van der Waals surface area contributed by atoms with Crippen LogP contribution in [0.1, 0.15) is 30.0 Å². The summed E-state index contributed by atoms with van der Waals surface area (Å²) in [6.45, 7) is 9.43. The molecule has 1 aliphatic heterocycles. The Kier molecular flexibility index (Phi) is 7.36. The van der Waals surface area contributed by atoms with E-state index in [4.69, 9.17) is 0 Å². The number of pyridine rings is 1. The smallest absolute Gasteiger partial charge is 0.220 e. The molecule has 1 fully saturated rings. The molecule has 1 amide bonds. The summed E-state index contributed by atoms with van der Waals surface area (Å²) >= 11 is 0. The fraction of sp³-hybridized carbons (Fsp3) is 0.455. The van der Waals surface area contributed by atoms with Gasteiger partial charge in [0.25, 0.3) is 0 Å². The first-order valence-electron chi connectivity index (χ1n) is 9.91. The molecule has 0 bridgehead atoms. The van der Waals surface area contributed by atoms with Crippen molar-refractivity contribution in [2.24, 2.45) is 0 Å². The van der Waals surface area contributed by atoms with E-state index >= 15 is 0 Å². The molecule has 0 radical (unpaired) electrons. The number of hydrogen-bond acceptors (Lipinski definition) is 4. The lowest BCUT2D eigenvalue weighted by Crippen LogP contribution is -2.45. The van der Waals surface area contributed by atoms with E-state index in [1.807, 2.05) is 12.1 Å². The predicted molar refractivity (Wildman–Crippen MR) is 108 cm³/mol. The molecule has 1 aromatic carbocycles. The molecule has 2 heterocycles. The van der Waals surface area contributed by atoms with Crippen molar-refractivity contribution in [2.45, 2.75) is 32.9 Å². The maximum atomic E-state index is 12.2. The van der Waals surface area contributed by atoms with Crippen molar-refractivity contribution in [1.82, 2.24) is 20.1 Å². The lowest BCUT2D eigenvalue weighted by atomic mass is 10.1. The van der Waals surface area contributed by atoms with Gasteiger partial charge in [-0.1, -0.05) is 31.2 Å². The molecule has 0 spiro atoms. The fourth-order valence-electron chi connectivity index (χ4n) is 3.48. The van der Waals surface area contributed by atoms with E-state index in [-0.39, 0.29) is 5.91 Å². The van der Waals surface area contributed by atoms with Gasteiger partial charge in [0.2, 0.25) is 5.91 Å². The second-order valence-corrected chi connectivity index (χ2v) is 7.11. The lowest BCUT2D eigenvalue weighted by molar-refractivity contribution is -0.121. The Balaban J connectivity index is 1.48. The predicted octanol–water partition coefficient (Wildman–Crippen LogP) is 2.47. The molecule has 1 aliphatic rings. The van der Waals surface area contributed by atoms with Crippen LogP contribution in [0.5, 0.6) is 0 Å². The first kappa shape index (κ1) is 19.5. The van der Waals surface area contributed by atoms with Crippen LogP contribution in [0.2, 0.25) is 0 Å². The average molecular weight is 367 g/mol. The summed E-state index contributed by atoms with van der Waals surface area (Å²) in [7, 11) is 0. The number of nitrogens with zero attached hydrogens (tertiary/aromatic N) is 3. The third kappa shape index (κ3) is 6.15. The highest BCUT2D eigenvalue weighted by molar-refractivity contribution is 5.76. The molecule has 3 rings (SSSR count). The van der Waals surface area contributed by atoms with Crippen molar-refractivity contribution >= 4 is 5.91 Å². The highest BCUT2D eigenvalue weighted by Gasteiger charge is 2.16. The molecule has 1 N–H and O–H groups in total. The summed E-state index contributed by atoms with van der Waals surface area (Å²) in [5.74, 6) is 0.0955. The van der Waals surface area contributed by atoms with Crippen molar-refractivity contribution < 1.29 is 4.79 Å². The SMILES string of the molecule is CCN1CCN(Cc2ccccc2CNC(=O)CCc2ccncc2)CC1. The molecule has 2 aromatic rings. The van der Waals surface area contributed by atoms with Gasteiger partial charge in [-0.2, -0.15) is 0 Å². The van der Waals surface area contributed by atoms with Crippen LogP contribution in [-0.2, 0) is 24.3 Å². The van der Waals surface area contributed by atoms with Crippen molar-refractivity contribution in [3.05, 3.63) is 65.5 Å². The molecule has 0 aliphatic carbocycles. The summed E-state index contributed by atoms with van der Waals surface area (Å²) in [6.07, 6.45) is 4.79. The number of rotatable bonds is 8. The highest BCUT2D eigenvalue weighted by atomic mass is 16.1. The zero-order valence-corrected chi connectivity index (χ0v) is 16.2. The largest absolute Gasteiger partial charge is 0.352 e. The molecular formula is C22H30N4O. The van der Waals surface area contributed by atoms with Gasteiger partial charge >= 0.3 is 0 Å². The minimum atomic E-state index is 0.0955. The fourth-order valence-corrected chi connectivity index (χ4v) is 3.48. The number of likely N-dealkylation sites (N-methyl/N-ethyl adjacent to an activating group) is 1. The topological polar surface area (TPSA) is 48.5 Å². The number of aryl methyl sites for hydroxylation is 1. The zero-order valence-electron chi connectivity index (χ0n) is 16.2. The van der Waals surface area contributed by atoms with Crippen LogP contribution in [0, 0.1) is 0 Å². The van der Waals surface area contributed by atoms with E-state index in [9.17, 15) is 4.79 Å². The van der Waals surface area contributed by atoms with Gasteiger partial charge in [0.15, 0.2) is 0 Å². The molecular weight excluding hydrogens is 336 g/mol. The normalized spacial score (nSPS) is 15.6. The number of nitrogens with one attached hydrogen (secondary N) is 1. The van der Waals surface area contributed by atoms with Crippen molar-refractivity contribution in [2.75, 3.05) is 32.7 Å². The maximum absolute atomic E-state index is 12.2. The number of amides is 1. The van der Waals surface area contributed by atoms with E-state index < -0.39 is 0 Å². The number of aromatic nitrogens is 1. The quantitative estimate of drug-likeness (QED) is 0.780. The molecule has 27 heavy (non-hydrogen) atoms. The van der Waals surface area contributed by atoms with E-state index in [0.29, 0.717) is 13.0 Å². The first-order valence-corrected chi connectivity index (χ1v) is 9.91. The number of carbonyl (C=O) groups is 1. The van der Waals surface area contributed by atoms with Gasteiger partial charge in [0.1, 0.15) is 0 Å². The minimum Gasteiger partial charge on any atom is -0.352 e. The lowest BCUT2D eigenvalue weighted by Gasteiger charge is -2.34. The van der Waals surface area contributed by atoms with Crippen LogP contribution in [0.25, 0.3) is 0 Å². The molecule has 0 unspecified atom stereocenters. The number of carbonyl (C=O) groups excluding carboxylic acids is 1. The molecule has 0 saturated carbocycles. The first-order chi connectivity index (χ1) is 13.2. The van der Waals surface area contributed by atoms with E-state index in [1.54, 1.807) is 12.4 Å². The van der Waals surface area contributed by atoms with Gasteiger partial charge in [-0.3, -0.25) is 14.7 Å². The van der Waals surface area contributed by atoms with Crippen molar-refractivity contribution in [3.63, 3.8) is 0 Å². The summed E-state index contributed by atoms with van der Waals surface area (Å²) in [6, 6.07) is 12.4. The van der Waals surface area contributed by atoms with E-state index in [1.165, 1.54) is 11.1 Å². The van der Waals surface area contributed by atoms with E-state index in [2.05, 4.69) is 51.3 Å². The molecule has 0 atom stereocenters. The third-order valence-corrected chi connectivity index (χ3v) is 5.29. The summed E-state index contributed by atoms with van der Waals surface area (Å²) in [4.78, 5) is 21.2. The molecule has 5 nitrogen and oxygen atoms in total. The van der Waals surface area contributed by atoms with Crippen LogP contribution < -0.4 is 5.32 Å². The van der Waals surface area contributed by atoms with Crippen LogP contribution >= 0.6 is 0 Å². The van der Waals surface area contributed by atoms with Gasteiger partial charge in [-0.05, 0) is 41.8 Å². The second-order valence-electron chi connectivity index (χ2n) is 7.11. The van der Waals surface area contributed by atoms with Crippen molar-refractivity contribution in [3.8, 4) is 0 Å². The minimum absolute atomic E-state index is 0.0955. The Labute approximate surface area is 162 Å². The van der Waals surface area contributed by atoms with Gasteiger partial charge in [0, 0.05) is 58.1 Å². The van der Waals surface area contributed by atoms with Gasteiger partial charge < -0.3 is 10.2 Å². The number of benzene rings is 1. The maximum Gasteiger partial charge on any atom is 0.220 e. The Morgan fingerprint density at radius 3 is 2.37 bits per heavy atom. The Morgan fingerprint density at radius 2 is 1.67 bits per heavy atom. The molecule has 5 heteroatoms. The monoisotopic (exact) mass is 366 g/mol.